The fraction of sp³-hybridized carbons (Fsp3) is 0.480. The molecule has 14 atom stereocenters. The first-order valence-electron chi connectivity index (χ1n) is 35.8. The molecule has 11 rings (SSSR count). The Morgan fingerprint density at radius 2 is 1.29 bits per heavy atom. The first kappa shape index (κ1) is 82.3. The summed E-state index contributed by atoms with van der Waals surface area (Å²) in [4.78, 5) is 137. The molecule has 18 N–H and O–H groups in total. The Morgan fingerprint density at radius 3 is 1.95 bits per heavy atom. The van der Waals surface area contributed by atoms with Crippen molar-refractivity contribution in [1.82, 2.24) is 58.1 Å². The highest BCUT2D eigenvalue weighted by Crippen LogP contribution is 2.48. The molecule has 6 aliphatic rings. The van der Waals surface area contributed by atoms with Gasteiger partial charge in [0.05, 0.1) is 24.1 Å². The molecule has 0 unspecified atom stereocenters. The Balaban J connectivity index is 1.29. The molecule has 584 valence electrons. The van der Waals surface area contributed by atoms with Crippen LogP contribution in [0.2, 0.25) is 5.02 Å². The number of carbonyl (C=O) groups is 9. The van der Waals surface area contributed by atoms with Gasteiger partial charge in [-0.2, -0.15) is 0 Å². The predicted octanol–water partition coefficient (Wildman–Crippen LogP) is 2.81. The average molecular weight is 1520 g/mol. The summed E-state index contributed by atoms with van der Waals surface area (Å²) in [6, 6.07) is 1.51. The van der Waals surface area contributed by atoms with Crippen molar-refractivity contribution < 1.29 is 103 Å². The maximum Gasteiger partial charge on any atom is 0.321 e. The van der Waals surface area contributed by atoms with Crippen LogP contribution in [0.4, 0.5) is 4.79 Å². The van der Waals surface area contributed by atoms with Crippen molar-refractivity contribution in [1.29, 1.82) is 0 Å². The van der Waals surface area contributed by atoms with E-state index >= 15 is 24.0 Å². The van der Waals surface area contributed by atoms with E-state index in [1.165, 1.54) is 75.5 Å². The molecule has 10 amide bonds. The summed E-state index contributed by atoms with van der Waals surface area (Å²) in [5.74, 6) is -12.4. The van der Waals surface area contributed by atoms with E-state index in [4.69, 9.17) is 30.5 Å². The number of aliphatic hydroxyl groups is 6. The van der Waals surface area contributed by atoms with E-state index in [0.29, 0.717) is 19.4 Å². The molecule has 1 saturated heterocycles. The number of hydrogen-bond acceptors (Lipinski definition) is 23. The molecule has 6 aliphatic heterocycles. The Morgan fingerprint density at radius 1 is 0.648 bits per heavy atom. The molecule has 0 aromatic heterocycles. The Hall–Kier alpha value is -9.74. The van der Waals surface area contributed by atoms with Crippen molar-refractivity contribution in [3.05, 3.63) is 123 Å². The van der Waals surface area contributed by atoms with Gasteiger partial charge in [0, 0.05) is 18.7 Å². The monoisotopic (exact) mass is 1520 g/mol. The number of ether oxygens (including phenoxy) is 4. The van der Waals surface area contributed by atoms with Crippen molar-refractivity contribution in [3.63, 3.8) is 0 Å². The zero-order valence-corrected chi connectivity index (χ0v) is 61.8. The first-order chi connectivity index (χ1) is 51.4. The zero-order chi connectivity index (χ0) is 78.5. The molecule has 0 radical (unpaired) electrons. The Kier molecular flexibility index (Phi) is 28.1. The Bertz CT molecular complexity index is 4150. The van der Waals surface area contributed by atoms with Crippen LogP contribution in [0.25, 0.3) is 11.1 Å². The number of amides is 10. The normalized spacial score (nSPS) is 23.9. The number of unbranched alkanes of at least 4 members (excludes halogenated alkanes) is 5. The summed E-state index contributed by atoms with van der Waals surface area (Å²) < 4.78 is 25.6. The van der Waals surface area contributed by atoms with E-state index in [9.17, 15) is 60.0 Å². The third-order valence-corrected chi connectivity index (χ3v) is 19.3. The number of likely N-dealkylation sites (N-methyl/N-ethyl adjacent to an activating group) is 1. The van der Waals surface area contributed by atoms with E-state index < -0.39 is 180 Å². The molecule has 5 aromatic rings. The molecular weight excluding hydrogens is 1430 g/mol. The lowest BCUT2D eigenvalue weighted by atomic mass is 9.87. The van der Waals surface area contributed by atoms with E-state index in [2.05, 4.69) is 60.1 Å². The van der Waals surface area contributed by atoms with Crippen LogP contribution < -0.4 is 67.4 Å². The summed E-state index contributed by atoms with van der Waals surface area (Å²) in [5, 5.41) is 118. The van der Waals surface area contributed by atoms with Gasteiger partial charge in [-0.05, 0) is 172 Å². The van der Waals surface area contributed by atoms with Crippen molar-refractivity contribution in [2.24, 2.45) is 5.92 Å². The fourth-order valence-electron chi connectivity index (χ4n) is 13.2. The van der Waals surface area contributed by atoms with E-state index in [1.54, 1.807) is 0 Å². The number of phenolic OH excluding ortho intramolecular Hbond substituents is 2. The van der Waals surface area contributed by atoms with Crippen LogP contribution in [-0.4, -0.2) is 201 Å². The molecule has 1 fully saturated rings. The summed E-state index contributed by atoms with van der Waals surface area (Å²) in [6.45, 7) is 8.62. The summed E-state index contributed by atoms with van der Waals surface area (Å²) in [5.41, 5.74) is -0.547. The molecule has 0 spiro atoms. The van der Waals surface area contributed by atoms with Crippen molar-refractivity contribution >= 4 is 64.9 Å². The van der Waals surface area contributed by atoms with Crippen LogP contribution in [0.1, 0.15) is 148 Å². The number of urea groups is 1. The first-order valence-corrected chi connectivity index (χ1v) is 36.2. The minimum Gasteiger partial charge on any atom is -0.508 e. The Labute approximate surface area is 628 Å². The van der Waals surface area contributed by atoms with Gasteiger partial charge in [0.25, 0.3) is 0 Å². The van der Waals surface area contributed by atoms with Crippen LogP contribution in [0.3, 0.4) is 0 Å². The minimum absolute atomic E-state index is 0.0259. The SMILES string of the molecule is CCCCCCCCNC(=O)NC(=O)C[C@@H]1NC(=O)[C@H](NC(=O)[C@@H](CC(C)C)NC)[C@H](O)c2ccc(c(C)c2)Oc2cc3cc(c2O[C@@H]2O[C@H](CO)[C@@H](O)[C@H](O)[C@H]2O)Oc2ccc(cc2Cl)[C@@H](O)[C@@H]2NC(=O)[C@H](NC(=O)[C@@H]3NC1=O)c1ccc(O)c(c1)-c1c(C)cc(O)cc1[C@@H](C(=O)NCCCN(C)C)NC2=O. The predicted molar refractivity (Wildman–Crippen MR) is 390 cm³/mol. The van der Waals surface area contributed by atoms with Crippen LogP contribution >= 0.6 is 11.6 Å². The van der Waals surface area contributed by atoms with E-state index in [0.717, 1.165) is 56.4 Å². The lowest BCUT2D eigenvalue weighted by Crippen LogP contribution is -2.60. The summed E-state index contributed by atoms with van der Waals surface area (Å²) in [7, 11) is 5.16. The van der Waals surface area contributed by atoms with Crippen molar-refractivity contribution in [2.75, 3.05) is 47.4 Å². The average Bonchev–Trinajstić information content (AvgIpc) is 0.765. The van der Waals surface area contributed by atoms with Gasteiger partial charge < -0.3 is 113 Å². The molecule has 32 nitrogen and oxygen atoms in total. The topological polar surface area (TPSA) is 476 Å². The highest BCUT2D eigenvalue weighted by Gasteiger charge is 2.47. The van der Waals surface area contributed by atoms with Crippen LogP contribution in [0.15, 0.2) is 78.9 Å². The van der Waals surface area contributed by atoms with Crippen LogP contribution in [0, 0.1) is 19.8 Å². The summed E-state index contributed by atoms with van der Waals surface area (Å²) in [6.07, 6.45) is -9.06. The minimum atomic E-state index is -2.29. The van der Waals surface area contributed by atoms with Crippen molar-refractivity contribution in [2.45, 2.75) is 178 Å². The fourth-order valence-corrected chi connectivity index (χ4v) is 13.4. The van der Waals surface area contributed by atoms with Gasteiger partial charge in [-0.25, -0.2) is 4.79 Å². The van der Waals surface area contributed by atoms with E-state index in [1.807, 2.05) is 32.8 Å². The van der Waals surface area contributed by atoms with Gasteiger partial charge in [0.15, 0.2) is 11.5 Å². The molecule has 0 aliphatic carbocycles. The lowest BCUT2D eigenvalue weighted by molar-refractivity contribution is -0.277. The molecule has 5 aromatic carbocycles. The second-order valence-corrected chi connectivity index (χ2v) is 28.4. The van der Waals surface area contributed by atoms with Crippen LogP contribution in [0.5, 0.6) is 40.2 Å². The number of aryl methyl sites for hydroxylation is 2. The number of imide groups is 1. The number of rotatable bonds is 22. The standard InChI is InChI=1S/C75H96ClN11O21/c1-9-10-11-12-13-14-22-79-75(104)81-54(91)33-47-68(98)82-57-41-30-51(105-49-20-17-39(26-36(49)4)61(92)59(72(102)80-47)85-67(97)46(77-6)25-35(2)3)66(108-74-65(96)64(95)63(94)53(34-88)107-74)52(31-41)106-50-21-18-40(29-45(50)76)62(93)60-73(103)84-58(69(99)78-23-15-24-87(7)8)44-32-42(89)27-37(5)55(44)43-28-38(16-19-48(43)90)56(70(100)86-60)83-71(57)101/h16-21,26-32,35,46-47,53,56-65,74,77,88-90,92-96H,9-15,22-25,33-34H2,1-8H3,(H,78,99)(H,80,102)(H,82,98)(H,83,101)(H,84,103)(H,85,97)(H,86,100)(H2,79,81,91,104)/t46-,47+,53-,56-,57-,58+,59-,60+,61-,62-,63-,64+,65-,74+/m1/s1. The number of carbonyl (C=O) groups excluding carboxylic acids is 9. The van der Waals surface area contributed by atoms with Gasteiger partial charge in [-0.3, -0.25) is 43.7 Å². The van der Waals surface area contributed by atoms with Crippen molar-refractivity contribution in [3.8, 4) is 51.4 Å². The number of halogens is 1. The number of aliphatic hydroxyl groups excluding tert-OH is 6. The highest BCUT2D eigenvalue weighted by molar-refractivity contribution is 6.32. The summed E-state index contributed by atoms with van der Waals surface area (Å²) >= 11 is 7.12. The number of nitrogens with one attached hydrogen (secondary N) is 10. The molecule has 0 saturated carbocycles. The number of phenols is 2. The molecule has 6 heterocycles. The largest absolute Gasteiger partial charge is 0.508 e. The second-order valence-electron chi connectivity index (χ2n) is 28.0. The van der Waals surface area contributed by atoms with Gasteiger partial charge in [0.2, 0.25) is 59.3 Å². The lowest BCUT2D eigenvalue weighted by Gasteiger charge is -2.39. The highest BCUT2D eigenvalue weighted by atomic mass is 35.5. The van der Waals surface area contributed by atoms with Gasteiger partial charge >= 0.3 is 6.03 Å². The second kappa shape index (κ2) is 36.9. The van der Waals surface area contributed by atoms with Gasteiger partial charge in [-0.1, -0.05) is 82.7 Å². The number of benzene rings is 5. The molecule has 108 heavy (non-hydrogen) atoms. The maximum atomic E-state index is 16.3. The molecule has 11 bridgehead atoms. The third kappa shape index (κ3) is 19.9. The van der Waals surface area contributed by atoms with Gasteiger partial charge in [0.1, 0.15) is 95.9 Å². The number of hydrogen-bond donors (Lipinski definition) is 18. The number of aromatic hydroxyl groups is 2. The third-order valence-electron chi connectivity index (χ3n) is 19.0. The molecular formula is C75H96ClN11O21. The quantitative estimate of drug-likeness (QED) is 0.0443. The molecule has 33 heteroatoms. The van der Waals surface area contributed by atoms with Gasteiger partial charge in [-0.15, -0.1) is 0 Å². The van der Waals surface area contributed by atoms with Crippen LogP contribution in [-0.2, 0) is 43.1 Å². The smallest absolute Gasteiger partial charge is 0.321 e. The van der Waals surface area contributed by atoms with E-state index in [-0.39, 0.29) is 92.2 Å². The maximum absolute atomic E-state index is 16.3. The zero-order valence-electron chi connectivity index (χ0n) is 61.1. The number of fused-ring (bicyclic) bond motifs is 15. The number of nitrogens with zero attached hydrogens (tertiary/aromatic N) is 1.